The number of rotatable bonds is 3. The van der Waals surface area contributed by atoms with Crippen molar-refractivity contribution in [3.63, 3.8) is 0 Å². The molecule has 0 saturated heterocycles. The van der Waals surface area contributed by atoms with Gasteiger partial charge in [-0.05, 0) is 32.0 Å². The Morgan fingerprint density at radius 2 is 2.00 bits per heavy atom. The number of imidazole rings is 1. The molecular formula is C21H20F4N4O2. The molecule has 3 aromatic rings. The monoisotopic (exact) mass is 436 g/mol. The van der Waals surface area contributed by atoms with Gasteiger partial charge in [-0.1, -0.05) is 12.1 Å². The standard InChI is InChI=1S/C21H20F4N4O2/c1-20(2,19-27-17(21(23,24)25)15-14(22)7-4-9-29(15)19)28-18(30)13-6-3-5-12-11-26-8-10-31-16(12)13/h3-7,9,26H,8,10-11H2,1-2H3,(H,28,30). The van der Waals surface area contributed by atoms with Gasteiger partial charge < -0.3 is 15.4 Å². The highest BCUT2D eigenvalue weighted by Crippen LogP contribution is 2.36. The Hall–Kier alpha value is -3.14. The van der Waals surface area contributed by atoms with E-state index >= 15 is 0 Å². The van der Waals surface area contributed by atoms with Crippen LogP contribution in [0.3, 0.4) is 0 Å². The lowest BCUT2D eigenvalue weighted by Crippen LogP contribution is -2.42. The molecule has 0 spiro atoms. The first-order chi connectivity index (χ1) is 14.6. The number of para-hydroxylation sites is 1. The van der Waals surface area contributed by atoms with Crippen LogP contribution in [0.2, 0.25) is 0 Å². The molecule has 0 radical (unpaired) electrons. The molecule has 1 aromatic carbocycles. The molecule has 31 heavy (non-hydrogen) atoms. The van der Waals surface area contributed by atoms with Gasteiger partial charge in [0.2, 0.25) is 0 Å². The summed E-state index contributed by atoms with van der Waals surface area (Å²) in [5.74, 6) is -1.31. The van der Waals surface area contributed by atoms with Crippen LogP contribution < -0.4 is 15.4 Å². The number of aromatic nitrogens is 2. The first-order valence-electron chi connectivity index (χ1n) is 9.62. The molecule has 1 aliphatic rings. The molecule has 0 atom stereocenters. The van der Waals surface area contributed by atoms with Crippen LogP contribution in [-0.2, 0) is 18.3 Å². The van der Waals surface area contributed by atoms with Crippen molar-refractivity contribution in [1.29, 1.82) is 0 Å². The molecule has 1 aliphatic heterocycles. The summed E-state index contributed by atoms with van der Waals surface area (Å²) in [6.07, 6.45) is -3.57. The maximum atomic E-state index is 14.3. The van der Waals surface area contributed by atoms with E-state index in [1.807, 2.05) is 6.07 Å². The number of halogens is 4. The van der Waals surface area contributed by atoms with E-state index < -0.39 is 34.7 Å². The largest absolute Gasteiger partial charge is 0.491 e. The van der Waals surface area contributed by atoms with Crippen LogP contribution in [-0.4, -0.2) is 28.4 Å². The molecule has 2 aromatic heterocycles. The Bertz CT molecular complexity index is 1150. The zero-order valence-electron chi connectivity index (χ0n) is 16.8. The van der Waals surface area contributed by atoms with Crippen LogP contribution >= 0.6 is 0 Å². The molecule has 0 bridgehead atoms. The second kappa shape index (κ2) is 7.52. The van der Waals surface area contributed by atoms with Gasteiger partial charge in [0, 0.05) is 24.8 Å². The fourth-order valence-electron chi connectivity index (χ4n) is 3.67. The zero-order valence-corrected chi connectivity index (χ0v) is 16.8. The Morgan fingerprint density at radius 1 is 1.23 bits per heavy atom. The third-order valence-corrected chi connectivity index (χ3v) is 5.05. The van der Waals surface area contributed by atoms with Crippen molar-refractivity contribution in [2.75, 3.05) is 13.2 Å². The topological polar surface area (TPSA) is 67.7 Å². The number of benzene rings is 1. The fourth-order valence-corrected chi connectivity index (χ4v) is 3.67. The van der Waals surface area contributed by atoms with E-state index in [-0.39, 0.29) is 11.4 Å². The second-order valence-corrected chi connectivity index (χ2v) is 7.75. The Labute approximate surface area is 175 Å². The predicted octanol–water partition coefficient (Wildman–Crippen LogP) is 3.64. The van der Waals surface area contributed by atoms with E-state index in [1.165, 1.54) is 26.1 Å². The number of amides is 1. The lowest BCUT2D eigenvalue weighted by molar-refractivity contribution is -0.139. The molecule has 0 fully saturated rings. The summed E-state index contributed by atoms with van der Waals surface area (Å²) in [5, 5.41) is 5.90. The average Bonchev–Trinajstić information content (AvgIpc) is 2.95. The predicted molar refractivity (Wildman–Crippen MR) is 104 cm³/mol. The SMILES string of the molecule is CC(C)(NC(=O)c1cccc2c1OCCNC2)c1nc(C(F)(F)F)c2c(F)cccn12. The summed E-state index contributed by atoms with van der Waals surface area (Å²) in [4.78, 5) is 16.8. The number of alkyl halides is 3. The van der Waals surface area contributed by atoms with E-state index in [0.717, 1.165) is 16.0 Å². The van der Waals surface area contributed by atoms with E-state index in [2.05, 4.69) is 15.6 Å². The zero-order chi connectivity index (χ0) is 22.4. The lowest BCUT2D eigenvalue weighted by atomic mass is 10.0. The van der Waals surface area contributed by atoms with Crippen LogP contribution in [0.5, 0.6) is 5.75 Å². The molecule has 3 heterocycles. The minimum absolute atomic E-state index is 0.146. The van der Waals surface area contributed by atoms with Gasteiger partial charge in [-0.3, -0.25) is 9.20 Å². The van der Waals surface area contributed by atoms with Crippen LogP contribution in [0.25, 0.3) is 5.52 Å². The van der Waals surface area contributed by atoms with Crippen LogP contribution in [0.1, 0.15) is 41.3 Å². The van der Waals surface area contributed by atoms with E-state index in [9.17, 15) is 22.4 Å². The first-order valence-corrected chi connectivity index (χ1v) is 9.62. The molecule has 0 unspecified atom stereocenters. The molecule has 0 saturated carbocycles. The number of ether oxygens (including phenoxy) is 1. The number of fused-ring (bicyclic) bond motifs is 2. The molecule has 6 nitrogen and oxygen atoms in total. The number of hydrogen-bond acceptors (Lipinski definition) is 4. The molecule has 0 aliphatic carbocycles. The second-order valence-electron chi connectivity index (χ2n) is 7.75. The summed E-state index contributed by atoms with van der Waals surface area (Å²) in [7, 11) is 0. The number of nitrogens with zero attached hydrogens (tertiary/aromatic N) is 2. The van der Waals surface area contributed by atoms with Crippen molar-refractivity contribution in [1.82, 2.24) is 20.0 Å². The van der Waals surface area contributed by atoms with Crippen molar-refractivity contribution in [3.05, 3.63) is 65.0 Å². The number of nitrogens with one attached hydrogen (secondary N) is 2. The van der Waals surface area contributed by atoms with Crippen molar-refractivity contribution < 1.29 is 27.1 Å². The normalized spacial score (nSPS) is 14.6. The molecule has 4 rings (SSSR count). The van der Waals surface area contributed by atoms with Crippen molar-refractivity contribution in [2.45, 2.75) is 32.1 Å². The van der Waals surface area contributed by atoms with Crippen LogP contribution in [0, 0.1) is 5.82 Å². The highest BCUT2D eigenvalue weighted by atomic mass is 19.4. The number of carbonyl (C=O) groups excluding carboxylic acids is 1. The van der Waals surface area contributed by atoms with E-state index in [1.54, 1.807) is 12.1 Å². The Kier molecular flexibility index (Phi) is 5.12. The third kappa shape index (κ3) is 3.83. The Morgan fingerprint density at radius 3 is 2.74 bits per heavy atom. The van der Waals surface area contributed by atoms with Gasteiger partial charge in [0.25, 0.3) is 5.91 Å². The van der Waals surface area contributed by atoms with Gasteiger partial charge in [0.15, 0.2) is 5.69 Å². The lowest BCUT2D eigenvalue weighted by Gasteiger charge is -2.26. The van der Waals surface area contributed by atoms with Gasteiger partial charge in [0.1, 0.15) is 29.5 Å². The summed E-state index contributed by atoms with van der Waals surface area (Å²) in [6, 6.07) is 7.34. The van der Waals surface area contributed by atoms with Crippen molar-refractivity contribution in [3.8, 4) is 5.75 Å². The van der Waals surface area contributed by atoms with E-state index in [4.69, 9.17) is 4.74 Å². The number of pyridine rings is 1. The maximum absolute atomic E-state index is 14.3. The van der Waals surface area contributed by atoms with Gasteiger partial charge in [-0.25, -0.2) is 9.37 Å². The van der Waals surface area contributed by atoms with Crippen molar-refractivity contribution >= 4 is 11.4 Å². The molecular weight excluding hydrogens is 416 g/mol. The first kappa shape index (κ1) is 21.1. The Balaban J connectivity index is 1.75. The van der Waals surface area contributed by atoms with E-state index in [0.29, 0.717) is 25.4 Å². The molecule has 164 valence electrons. The van der Waals surface area contributed by atoms with Gasteiger partial charge in [0.05, 0.1) is 11.1 Å². The third-order valence-electron chi connectivity index (χ3n) is 5.05. The van der Waals surface area contributed by atoms with Gasteiger partial charge in [-0.15, -0.1) is 0 Å². The molecule has 1 amide bonds. The van der Waals surface area contributed by atoms with Crippen LogP contribution in [0.4, 0.5) is 17.6 Å². The highest BCUT2D eigenvalue weighted by Gasteiger charge is 2.41. The minimum Gasteiger partial charge on any atom is -0.491 e. The fraction of sp³-hybridized carbons (Fsp3) is 0.333. The minimum atomic E-state index is -4.86. The van der Waals surface area contributed by atoms with Crippen LogP contribution in [0.15, 0.2) is 36.5 Å². The number of hydrogen-bond donors (Lipinski definition) is 2. The van der Waals surface area contributed by atoms with Gasteiger partial charge >= 0.3 is 6.18 Å². The van der Waals surface area contributed by atoms with Gasteiger partial charge in [-0.2, -0.15) is 13.2 Å². The smallest absolute Gasteiger partial charge is 0.435 e. The summed E-state index contributed by atoms with van der Waals surface area (Å²) in [5.41, 5.74) is -2.32. The quantitative estimate of drug-likeness (QED) is 0.616. The summed E-state index contributed by atoms with van der Waals surface area (Å²) < 4.78 is 61.5. The average molecular weight is 436 g/mol. The molecule has 10 heteroatoms. The van der Waals surface area contributed by atoms with Crippen molar-refractivity contribution in [2.24, 2.45) is 0 Å². The molecule has 2 N–H and O–H groups in total. The highest BCUT2D eigenvalue weighted by molar-refractivity contribution is 5.97. The summed E-state index contributed by atoms with van der Waals surface area (Å²) in [6.45, 7) is 4.54. The maximum Gasteiger partial charge on any atom is 0.435 e. The summed E-state index contributed by atoms with van der Waals surface area (Å²) >= 11 is 0. The number of carbonyl (C=O) groups is 1.